The van der Waals surface area contributed by atoms with Gasteiger partial charge in [-0.25, -0.2) is 13.9 Å². The van der Waals surface area contributed by atoms with Crippen LogP contribution in [0.1, 0.15) is 17.4 Å². The Balaban J connectivity index is 1.37. The van der Waals surface area contributed by atoms with Gasteiger partial charge in [0.15, 0.2) is 6.23 Å². The molecular weight excluding hydrogens is 573 g/mol. The maximum atomic E-state index is 13.7. The highest BCUT2D eigenvalue weighted by molar-refractivity contribution is 9.10. The van der Waals surface area contributed by atoms with Crippen molar-refractivity contribution in [3.05, 3.63) is 92.7 Å². The van der Waals surface area contributed by atoms with E-state index in [1.54, 1.807) is 23.0 Å². The topological polar surface area (TPSA) is 136 Å². The van der Waals surface area contributed by atoms with E-state index in [0.29, 0.717) is 16.8 Å². The molecule has 1 fully saturated rings. The number of imidazole rings is 1. The molecule has 0 spiro atoms. The van der Waals surface area contributed by atoms with Crippen LogP contribution in [0.15, 0.2) is 70.1 Å². The number of rotatable bonds is 6. The van der Waals surface area contributed by atoms with E-state index >= 15 is 0 Å². The van der Waals surface area contributed by atoms with Gasteiger partial charge in [-0.2, -0.15) is 5.10 Å². The van der Waals surface area contributed by atoms with Crippen LogP contribution in [-0.2, 0) is 16.0 Å². The fourth-order valence-electron chi connectivity index (χ4n) is 4.75. The first-order chi connectivity index (χ1) is 18.8. The molecule has 4 N–H and O–H groups in total. The minimum absolute atomic E-state index is 0.0825. The molecule has 0 aliphatic carbocycles. The number of amides is 1. The number of H-pyrrole nitrogens is 2. The second-order valence-corrected chi connectivity index (χ2v) is 10.0. The summed E-state index contributed by atoms with van der Waals surface area (Å²) in [5, 5.41) is 25.9. The van der Waals surface area contributed by atoms with Crippen LogP contribution in [0.3, 0.4) is 0 Å². The fourth-order valence-corrected chi connectivity index (χ4v) is 5.01. The Morgan fingerprint density at radius 3 is 2.56 bits per heavy atom. The number of carbonyl (C=O) groups is 1. The van der Waals surface area contributed by atoms with Gasteiger partial charge < -0.3 is 29.8 Å². The highest BCUT2D eigenvalue weighted by Gasteiger charge is 2.36. The van der Waals surface area contributed by atoms with E-state index in [2.05, 4.69) is 25.9 Å². The standard InChI is InChI=1S/C27H21BrFN5O5/c28-15-3-7-17(8-4-15)34-12-19(23(32-34)14-1-5-16(29)6-2-14)26-33(22(36)13-39-26)10-9-18-21(35)11-20-24(25(18)37)31-27(38)30-20/h1-8,11-12,26,35,37H,9-10,13H2,(H2,30,31,38). The van der Waals surface area contributed by atoms with Gasteiger partial charge in [0, 0.05) is 40.0 Å². The molecule has 5 aromatic rings. The van der Waals surface area contributed by atoms with Crippen LogP contribution in [0.4, 0.5) is 4.39 Å². The van der Waals surface area contributed by atoms with Gasteiger partial charge in [-0.05, 0) is 55.0 Å². The fraction of sp³-hybridized carbons (Fsp3) is 0.148. The van der Waals surface area contributed by atoms with Crippen molar-refractivity contribution in [2.75, 3.05) is 13.2 Å². The zero-order chi connectivity index (χ0) is 27.3. The number of fused-ring (bicyclic) bond motifs is 1. The Morgan fingerprint density at radius 2 is 1.82 bits per heavy atom. The molecule has 198 valence electrons. The van der Waals surface area contributed by atoms with Crippen LogP contribution in [0, 0.1) is 5.82 Å². The lowest BCUT2D eigenvalue weighted by atomic mass is 10.1. The van der Waals surface area contributed by atoms with Gasteiger partial charge in [0.2, 0.25) is 0 Å². The normalized spacial score (nSPS) is 15.5. The molecular formula is C27H21BrFN5O5. The maximum Gasteiger partial charge on any atom is 0.323 e. The molecule has 6 rings (SSSR count). The van der Waals surface area contributed by atoms with Gasteiger partial charge in [0.1, 0.15) is 35.1 Å². The summed E-state index contributed by atoms with van der Waals surface area (Å²) in [4.78, 5) is 31.1. The number of hydrogen-bond acceptors (Lipinski definition) is 6. The van der Waals surface area contributed by atoms with Crippen LogP contribution in [-0.4, -0.2) is 53.9 Å². The number of aromatic hydroxyl groups is 2. The molecule has 10 nitrogen and oxygen atoms in total. The average molecular weight is 594 g/mol. The first-order valence-corrected chi connectivity index (χ1v) is 12.8. The van der Waals surface area contributed by atoms with E-state index in [4.69, 9.17) is 9.84 Å². The van der Waals surface area contributed by atoms with E-state index in [1.807, 2.05) is 24.3 Å². The summed E-state index contributed by atoms with van der Waals surface area (Å²) in [6.45, 7) is -0.0732. The van der Waals surface area contributed by atoms with Crippen molar-refractivity contribution < 1.29 is 24.1 Å². The number of nitrogens with one attached hydrogen (secondary N) is 2. The van der Waals surface area contributed by atoms with Crippen LogP contribution >= 0.6 is 15.9 Å². The largest absolute Gasteiger partial charge is 0.507 e. The van der Waals surface area contributed by atoms with Crippen molar-refractivity contribution >= 4 is 32.9 Å². The highest BCUT2D eigenvalue weighted by atomic mass is 79.9. The third-order valence-corrected chi connectivity index (χ3v) is 7.19. The number of halogens is 2. The average Bonchev–Trinajstić information content (AvgIpc) is 3.61. The van der Waals surface area contributed by atoms with Crippen LogP contribution < -0.4 is 5.69 Å². The number of phenolic OH excluding ortho intramolecular Hbond substituents is 2. The van der Waals surface area contributed by atoms with Crippen molar-refractivity contribution in [2.45, 2.75) is 12.6 Å². The van der Waals surface area contributed by atoms with Crippen molar-refractivity contribution in [3.63, 3.8) is 0 Å². The second-order valence-electron chi connectivity index (χ2n) is 9.09. The van der Waals surface area contributed by atoms with Crippen molar-refractivity contribution in [1.82, 2.24) is 24.6 Å². The molecule has 0 saturated carbocycles. The number of ether oxygens (including phenoxy) is 1. The quantitative estimate of drug-likeness (QED) is 0.234. The third kappa shape index (κ3) is 4.57. The highest BCUT2D eigenvalue weighted by Crippen LogP contribution is 2.38. The molecule has 12 heteroatoms. The molecule has 1 unspecified atom stereocenters. The number of carbonyl (C=O) groups excluding carboxylic acids is 1. The van der Waals surface area contributed by atoms with E-state index in [-0.39, 0.29) is 59.4 Å². The van der Waals surface area contributed by atoms with Crippen LogP contribution in [0.25, 0.3) is 28.0 Å². The van der Waals surface area contributed by atoms with E-state index in [1.165, 1.54) is 23.1 Å². The van der Waals surface area contributed by atoms with E-state index < -0.39 is 11.9 Å². The Hall–Kier alpha value is -4.42. The molecule has 1 amide bonds. The van der Waals surface area contributed by atoms with Crippen LogP contribution in [0.2, 0.25) is 0 Å². The van der Waals surface area contributed by atoms with Gasteiger partial charge >= 0.3 is 5.69 Å². The number of nitrogens with zero attached hydrogens (tertiary/aromatic N) is 3. The molecule has 3 heterocycles. The number of aromatic amines is 2. The van der Waals surface area contributed by atoms with Gasteiger partial charge in [-0.1, -0.05) is 15.9 Å². The summed E-state index contributed by atoms with van der Waals surface area (Å²) >= 11 is 3.43. The summed E-state index contributed by atoms with van der Waals surface area (Å²) < 4.78 is 22.2. The third-order valence-electron chi connectivity index (χ3n) is 6.66. The SMILES string of the molecule is O=C1COC(c2cn(-c3ccc(Br)cc3)nc2-c2ccc(F)cc2)N1CCc1c(O)cc2[nH]c(=O)[nH]c2c1O. The van der Waals surface area contributed by atoms with Gasteiger partial charge in [0.25, 0.3) is 5.91 Å². The molecule has 39 heavy (non-hydrogen) atoms. The molecule has 3 aromatic carbocycles. The molecule has 1 atom stereocenters. The monoisotopic (exact) mass is 593 g/mol. The van der Waals surface area contributed by atoms with Crippen molar-refractivity contribution in [1.29, 1.82) is 0 Å². The predicted octanol–water partition coefficient (Wildman–Crippen LogP) is 4.12. The first kappa shape index (κ1) is 24.9. The summed E-state index contributed by atoms with van der Waals surface area (Å²) in [6, 6.07) is 14.7. The summed E-state index contributed by atoms with van der Waals surface area (Å²) in [5.74, 6) is -1.16. The molecule has 2 aromatic heterocycles. The van der Waals surface area contributed by atoms with Gasteiger partial charge in [0.05, 0.1) is 11.2 Å². The maximum absolute atomic E-state index is 13.7. The van der Waals surface area contributed by atoms with Crippen molar-refractivity contribution in [3.8, 4) is 28.4 Å². The Kier molecular flexibility index (Phi) is 6.20. The minimum atomic E-state index is -0.818. The predicted molar refractivity (Wildman–Crippen MR) is 143 cm³/mol. The first-order valence-electron chi connectivity index (χ1n) is 12.0. The number of aromatic nitrogens is 4. The Labute approximate surface area is 228 Å². The molecule has 1 aliphatic rings. The molecule has 1 aliphatic heterocycles. The molecule has 0 radical (unpaired) electrons. The summed E-state index contributed by atoms with van der Waals surface area (Å²) in [6.07, 6.45) is 1.03. The lowest BCUT2D eigenvalue weighted by Gasteiger charge is -2.23. The van der Waals surface area contributed by atoms with Gasteiger partial charge in [-0.15, -0.1) is 0 Å². The molecule has 0 bridgehead atoms. The summed E-state index contributed by atoms with van der Waals surface area (Å²) in [5.41, 5.74) is 2.62. The van der Waals surface area contributed by atoms with E-state index in [9.17, 15) is 24.2 Å². The lowest BCUT2D eigenvalue weighted by Crippen LogP contribution is -2.30. The van der Waals surface area contributed by atoms with Gasteiger partial charge in [-0.3, -0.25) is 4.79 Å². The van der Waals surface area contributed by atoms with Crippen LogP contribution in [0.5, 0.6) is 11.5 Å². The Morgan fingerprint density at radius 1 is 1.08 bits per heavy atom. The van der Waals surface area contributed by atoms with E-state index in [0.717, 1.165) is 10.2 Å². The zero-order valence-electron chi connectivity index (χ0n) is 20.2. The lowest BCUT2D eigenvalue weighted by molar-refractivity contribution is -0.128. The smallest absolute Gasteiger partial charge is 0.323 e. The zero-order valence-corrected chi connectivity index (χ0v) is 21.8. The number of phenols is 2. The second kappa shape index (κ2) is 9.71. The molecule has 1 saturated heterocycles. The Bertz CT molecular complexity index is 1760. The number of benzene rings is 3. The van der Waals surface area contributed by atoms with Crippen molar-refractivity contribution in [2.24, 2.45) is 0 Å². The minimum Gasteiger partial charge on any atom is -0.507 e. The summed E-state index contributed by atoms with van der Waals surface area (Å²) in [7, 11) is 0. The number of hydrogen-bond donors (Lipinski definition) is 4.